The minimum absolute atomic E-state index is 0.134. The van der Waals surface area contributed by atoms with Crippen molar-refractivity contribution in [3.63, 3.8) is 0 Å². The second-order valence-corrected chi connectivity index (χ2v) is 10.6. The second-order valence-electron chi connectivity index (χ2n) is 8.69. The van der Waals surface area contributed by atoms with Crippen molar-refractivity contribution < 1.29 is 13.2 Å². The van der Waals surface area contributed by atoms with Crippen LogP contribution in [0.3, 0.4) is 0 Å². The summed E-state index contributed by atoms with van der Waals surface area (Å²) in [4.78, 5) is 3.08. The number of hydrogen-bond acceptors (Lipinski definition) is 4. The van der Waals surface area contributed by atoms with Gasteiger partial charge in [-0.1, -0.05) is 19.8 Å². The van der Waals surface area contributed by atoms with Crippen molar-refractivity contribution in [3.05, 3.63) is 24.3 Å². The molecular formula is C22H34N2O3S. The van der Waals surface area contributed by atoms with E-state index < -0.39 is 10.0 Å². The summed E-state index contributed by atoms with van der Waals surface area (Å²) in [5.41, 5.74) is 0. The Labute approximate surface area is 170 Å². The summed E-state index contributed by atoms with van der Waals surface area (Å²) in [6.45, 7) is 5.27. The van der Waals surface area contributed by atoms with Crippen LogP contribution in [0.15, 0.2) is 29.2 Å². The van der Waals surface area contributed by atoms with Gasteiger partial charge in [-0.15, -0.1) is 0 Å². The number of benzene rings is 1. The Morgan fingerprint density at radius 2 is 1.82 bits per heavy atom. The molecule has 0 aromatic heterocycles. The molecule has 3 heterocycles. The molecule has 28 heavy (non-hydrogen) atoms. The normalized spacial score (nSPS) is 31.4. The van der Waals surface area contributed by atoms with Crippen LogP contribution < -0.4 is 4.74 Å². The molecule has 4 rings (SSSR count). The number of unbranched alkanes of at least 4 members (excludes halogenated alkanes) is 1. The van der Waals surface area contributed by atoms with Crippen LogP contribution in [0.4, 0.5) is 0 Å². The highest BCUT2D eigenvalue weighted by Crippen LogP contribution is 2.45. The van der Waals surface area contributed by atoms with E-state index in [0.29, 0.717) is 35.1 Å². The lowest BCUT2D eigenvalue weighted by atomic mass is 9.70. The zero-order valence-electron chi connectivity index (χ0n) is 17.2. The Balaban J connectivity index is 1.68. The summed E-state index contributed by atoms with van der Waals surface area (Å²) < 4.78 is 34.4. The van der Waals surface area contributed by atoms with Gasteiger partial charge in [0.05, 0.1) is 12.0 Å². The second kappa shape index (κ2) is 8.33. The average Bonchev–Trinajstić information content (AvgIpc) is 2.73. The van der Waals surface area contributed by atoms with E-state index in [1.807, 2.05) is 4.31 Å². The van der Waals surface area contributed by atoms with Crippen molar-refractivity contribution >= 4 is 10.0 Å². The van der Waals surface area contributed by atoms with E-state index in [0.717, 1.165) is 25.7 Å². The molecule has 0 saturated carbocycles. The Bertz CT molecular complexity index is 762. The molecule has 0 bridgehead atoms. The molecule has 6 heteroatoms. The maximum atomic E-state index is 13.7. The molecule has 156 valence electrons. The number of ether oxygens (including phenoxy) is 1. The van der Waals surface area contributed by atoms with Gasteiger partial charge in [-0.05, 0) is 81.3 Å². The first kappa shape index (κ1) is 20.2. The van der Waals surface area contributed by atoms with E-state index in [1.165, 1.54) is 32.4 Å². The van der Waals surface area contributed by atoms with E-state index >= 15 is 0 Å². The highest BCUT2D eigenvalue weighted by molar-refractivity contribution is 7.89. The molecule has 0 amide bonds. The Kier molecular flexibility index (Phi) is 6.00. The predicted octanol–water partition coefficient (Wildman–Crippen LogP) is 3.75. The SMILES string of the molecule is CCCC[C@@H]1[C@H]2CCCN3CCC[C@@H](CN1S(=O)(=O)c1ccc(OC)cc1)[C@@H]23. The molecular weight excluding hydrogens is 372 g/mol. The summed E-state index contributed by atoms with van der Waals surface area (Å²) in [5.74, 6) is 1.65. The number of methoxy groups -OCH3 is 1. The van der Waals surface area contributed by atoms with Crippen LogP contribution in [0.25, 0.3) is 0 Å². The topological polar surface area (TPSA) is 49.9 Å². The van der Waals surface area contributed by atoms with Gasteiger partial charge in [0.2, 0.25) is 10.0 Å². The molecule has 1 aromatic rings. The zero-order valence-corrected chi connectivity index (χ0v) is 18.0. The summed E-state index contributed by atoms with van der Waals surface area (Å²) in [5, 5.41) is 0. The predicted molar refractivity (Wildman–Crippen MR) is 111 cm³/mol. The molecule has 5 nitrogen and oxygen atoms in total. The number of piperidine rings is 3. The van der Waals surface area contributed by atoms with Gasteiger partial charge in [-0.2, -0.15) is 4.31 Å². The van der Waals surface area contributed by atoms with Crippen molar-refractivity contribution in [2.75, 3.05) is 26.7 Å². The Morgan fingerprint density at radius 3 is 2.50 bits per heavy atom. The third-order valence-corrected chi connectivity index (χ3v) is 9.05. The van der Waals surface area contributed by atoms with E-state index in [9.17, 15) is 8.42 Å². The summed E-state index contributed by atoms with van der Waals surface area (Å²) in [7, 11) is -1.89. The van der Waals surface area contributed by atoms with E-state index in [2.05, 4.69) is 11.8 Å². The van der Waals surface area contributed by atoms with Crippen LogP contribution in [-0.4, -0.2) is 56.5 Å². The first-order valence-electron chi connectivity index (χ1n) is 11.0. The molecule has 0 N–H and O–H groups in total. The third-order valence-electron chi connectivity index (χ3n) is 7.14. The van der Waals surface area contributed by atoms with Gasteiger partial charge >= 0.3 is 0 Å². The van der Waals surface area contributed by atoms with Crippen molar-refractivity contribution in [3.8, 4) is 5.75 Å². The molecule has 4 atom stereocenters. The largest absolute Gasteiger partial charge is 0.497 e. The van der Waals surface area contributed by atoms with Crippen LogP contribution in [0.2, 0.25) is 0 Å². The lowest BCUT2D eigenvalue weighted by molar-refractivity contribution is -0.0523. The molecule has 3 fully saturated rings. The molecule has 0 aliphatic carbocycles. The standard InChI is InChI=1S/C22H34N2O3S/c1-3-4-9-21-20-8-6-15-23-14-5-7-17(22(20)23)16-24(21)28(25,26)19-12-10-18(27-2)11-13-19/h10-13,17,20-22H,3-9,14-16H2,1-2H3/t17-,20+,21+,22-/m0/s1. The van der Waals surface area contributed by atoms with Crippen LogP contribution in [0.1, 0.15) is 51.9 Å². The minimum Gasteiger partial charge on any atom is -0.497 e. The van der Waals surface area contributed by atoms with Crippen molar-refractivity contribution in [1.29, 1.82) is 0 Å². The molecule has 3 aliphatic heterocycles. The lowest BCUT2D eigenvalue weighted by Crippen LogP contribution is -2.65. The third kappa shape index (κ3) is 3.59. The number of rotatable bonds is 6. The summed E-state index contributed by atoms with van der Waals surface area (Å²) >= 11 is 0. The minimum atomic E-state index is -3.49. The van der Waals surface area contributed by atoms with Gasteiger partial charge in [-0.25, -0.2) is 8.42 Å². The first-order valence-corrected chi connectivity index (χ1v) is 12.4. The molecule has 0 radical (unpaired) electrons. The fourth-order valence-corrected chi connectivity index (χ4v) is 7.64. The van der Waals surface area contributed by atoms with E-state index in [-0.39, 0.29) is 6.04 Å². The maximum absolute atomic E-state index is 13.7. The smallest absolute Gasteiger partial charge is 0.243 e. The summed E-state index contributed by atoms with van der Waals surface area (Å²) in [6, 6.07) is 7.63. The Hall–Kier alpha value is -1.11. The Morgan fingerprint density at radius 1 is 1.11 bits per heavy atom. The monoisotopic (exact) mass is 406 g/mol. The van der Waals surface area contributed by atoms with Crippen LogP contribution >= 0.6 is 0 Å². The molecule has 0 unspecified atom stereocenters. The fraction of sp³-hybridized carbons (Fsp3) is 0.727. The van der Waals surface area contributed by atoms with Gasteiger partial charge < -0.3 is 4.74 Å². The quantitative estimate of drug-likeness (QED) is 0.722. The first-order chi connectivity index (χ1) is 13.6. The number of nitrogens with zero attached hydrogens (tertiary/aromatic N) is 2. The van der Waals surface area contributed by atoms with Crippen LogP contribution in [0, 0.1) is 11.8 Å². The van der Waals surface area contributed by atoms with Gasteiger partial charge in [0.15, 0.2) is 0 Å². The van der Waals surface area contributed by atoms with Gasteiger partial charge in [0, 0.05) is 18.6 Å². The fourth-order valence-electron chi connectivity index (χ4n) is 5.89. The zero-order chi connectivity index (χ0) is 19.7. The van der Waals surface area contributed by atoms with E-state index in [4.69, 9.17) is 4.74 Å². The van der Waals surface area contributed by atoms with Gasteiger partial charge in [-0.3, -0.25) is 4.90 Å². The van der Waals surface area contributed by atoms with Crippen molar-refractivity contribution in [2.45, 2.75) is 68.8 Å². The number of hydrogen-bond donors (Lipinski definition) is 0. The molecule has 3 aliphatic rings. The molecule has 0 spiro atoms. The van der Waals surface area contributed by atoms with Crippen LogP contribution in [-0.2, 0) is 10.0 Å². The number of sulfonamides is 1. The van der Waals surface area contributed by atoms with Crippen LogP contribution in [0.5, 0.6) is 5.75 Å². The molecule has 1 aromatic carbocycles. The van der Waals surface area contributed by atoms with E-state index in [1.54, 1.807) is 31.4 Å². The highest BCUT2D eigenvalue weighted by Gasteiger charge is 2.51. The highest BCUT2D eigenvalue weighted by atomic mass is 32.2. The van der Waals surface area contributed by atoms with Crippen molar-refractivity contribution in [2.24, 2.45) is 11.8 Å². The lowest BCUT2D eigenvalue weighted by Gasteiger charge is -2.57. The molecule has 3 saturated heterocycles. The van der Waals surface area contributed by atoms with Gasteiger partial charge in [0.25, 0.3) is 0 Å². The van der Waals surface area contributed by atoms with Crippen molar-refractivity contribution in [1.82, 2.24) is 9.21 Å². The summed E-state index contributed by atoms with van der Waals surface area (Å²) in [6.07, 6.45) is 7.91. The van der Waals surface area contributed by atoms with Gasteiger partial charge in [0.1, 0.15) is 5.75 Å². The maximum Gasteiger partial charge on any atom is 0.243 e. The average molecular weight is 407 g/mol.